The Morgan fingerprint density at radius 2 is 1.76 bits per heavy atom. The van der Waals surface area contributed by atoms with Crippen molar-refractivity contribution < 1.29 is 8.78 Å². The smallest absolute Gasteiger partial charge is 0.126 e. The van der Waals surface area contributed by atoms with Gasteiger partial charge in [0, 0.05) is 6.04 Å². The average Bonchev–Trinajstić information content (AvgIpc) is 2.48. The topological polar surface area (TPSA) is 12.0 Å². The first-order valence-electron chi connectivity index (χ1n) is 7.34. The molecule has 3 heteroatoms. The molecule has 0 saturated carbocycles. The molecule has 0 spiro atoms. The minimum absolute atomic E-state index is 0.106. The van der Waals surface area contributed by atoms with Crippen LogP contribution in [0.15, 0.2) is 42.5 Å². The van der Waals surface area contributed by atoms with Crippen molar-refractivity contribution in [1.82, 2.24) is 5.32 Å². The van der Waals surface area contributed by atoms with E-state index in [1.807, 2.05) is 12.1 Å². The predicted octanol–water partition coefficient (Wildman–Crippen LogP) is 4.56. The molecule has 0 heterocycles. The monoisotopic (exact) mass is 289 g/mol. The number of hydrogen-bond acceptors (Lipinski definition) is 1. The van der Waals surface area contributed by atoms with Gasteiger partial charge in [0.2, 0.25) is 0 Å². The van der Waals surface area contributed by atoms with E-state index in [1.54, 1.807) is 19.1 Å². The van der Waals surface area contributed by atoms with Gasteiger partial charge in [0.15, 0.2) is 0 Å². The van der Waals surface area contributed by atoms with Gasteiger partial charge in [-0.3, -0.25) is 0 Å². The summed E-state index contributed by atoms with van der Waals surface area (Å²) in [7, 11) is 0. The first-order valence-corrected chi connectivity index (χ1v) is 7.34. The third-order valence-corrected chi connectivity index (χ3v) is 3.58. The van der Waals surface area contributed by atoms with Crippen LogP contribution in [0.3, 0.4) is 0 Å². The molecular weight excluding hydrogens is 268 g/mol. The number of benzene rings is 2. The molecule has 2 aromatic rings. The van der Waals surface area contributed by atoms with Crippen LogP contribution in [-0.2, 0) is 6.42 Å². The lowest BCUT2D eigenvalue weighted by molar-refractivity contribution is 0.526. The van der Waals surface area contributed by atoms with Crippen molar-refractivity contribution in [3.63, 3.8) is 0 Å². The minimum Gasteiger partial charge on any atom is -0.310 e. The quantitative estimate of drug-likeness (QED) is 0.822. The summed E-state index contributed by atoms with van der Waals surface area (Å²) in [6, 6.07) is 11.9. The molecule has 112 valence electrons. The van der Waals surface area contributed by atoms with Gasteiger partial charge in [-0.25, -0.2) is 8.78 Å². The highest BCUT2D eigenvalue weighted by Gasteiger charge is 2.13. The Hall–Kier alpha value is -1.74. The van der Waals surface area contributed by atoms with Gasteiger partial charge in [-0.15, -0.1) is 0 Å². The van der Waals surface area contributed by atoms with Gasteiger partial charge >= 0.3 is 0 Å². The highest BCUT2D eigenvalue weighted by atomic mass is 19.1. The maximum atomic E-state index is 13.4. The molecular formula is C18H21F2N. The molecule has 0 aliphatic heterocycles. The molecule has 2 rings (SSSR count). The van der Waals surface area contributed by atoms with Crippen molar-refractivity contribution in [2.45, 2.75) is 32.7 Å². The fraction of sp³-hybridized carbons (Fsp3) is 0.333. The lowest BCUT2D eigenvalue weighted by atomic mass is 9.97. The van der Waals surface area contributed by atoms with Crippen LogP contribution >= 0.6 is 0 Å². The molecule has 0 radical (unpaired) electrons. The van der Waals surface area contributed by atoms with Crippen LogP contribution in [-0.4, -0.2) is 6.54 Å². The van der Waals surface area contributed by atoms with E-state index >= 15 is 0 Å². The number of halogens is 2. The summed E-state index contributed by atoms with van der Waals surface area (Å²) in [5.41, 5.74) is 2.77. The second-order valence-corrected chi connectivity index (χ2v) is 5.35. The van der Waals surface area contributed by atoms with Crippen LogP contribution < -0.4 is 5.32 Å². The molecule has 1 atom stereocenters. The standard InChI is InChI=1S/C18H21F2N/c1-3-10-21-18(12-14-4-7-16(19)8-5-14)15-6-9-17(20)13(2)11-15/h4-9,11,18,21H,3,10,12H2,1-2H3. The van der Waals surface area contributed by atoms with Gasteiger partial charge in [0.25, 0.3) is 0 Å². The fourth-order valence-corrected chi connectivity index (χ4v) is 2.37. The zero-order valence-corrected chi connectivity index (χ0v) is 12.5. The fourth-order valence-electron chi connectivity index (χ4n) is 2.37. The second kappa shape index (κ2) is 7.32. The molecule has 0 aliphatic rings. The summed E-state index contributed by atoms with van der Waals surface area (Å²) in [5, 5.41) is 3.48. The van der Waals surface area contributed by atoms with E-state index in [9.17, 15) is 8.78 Å². The van der Waals surface area contributed by atoms with Crippen molar-refractivity contribution in [3.8, 4) is 0 Å². The molecule has 0 aromatic heterocycles. The molecule has 1 nitrogen and oxygen atoms in total. The van der Waals surface area contributed by atoms with Crippen LogP contribution in [0, 0.1) is 18.6 Å². The Balaban J connectivity index is 2.20. The van der Waals surface area contributed by atoms with E-state index < -0.39 is 0 Å². The van der Waals surface area contributed by atoms with E-state index in [1.165, 1.54) is 18.2 Å². The molecule has 0 fully saturated rings. The maximum Gasteiger partial charge on any atom is 0.126 e. The predicted molar refractivity (Wildman–Crippen MR) is 82.3 cm³/mol. The minimum atomic E-state index is -0.227. The zero-order chi connectivity index (χ0) is 15.2. The molecule has 0 saturated heterocycles. The lowest BCUT2D eigenvalue weighted by Crippen LogP contribution is -2.24. The van der Waals surface area contributed by atoms with Crippen LogP contribution in [0.4, 0.5) is 8.78 Å². The third kappa shape index (κ3) is 4.36. The summed E-state index contributed by atoms with van der Waals surface area (Å²) >= 11 is 0. The Labute approximate surface area is 125 Å². The Bertz CT molecular complexity index is 578. The molecule has 0 amide bonds. The van der Waals surface area contributed by atoms with E-state index in [0.29, 0.717) is 5.56 Å². The number of hydrogen-bond donors (Lipinski definition) is 1. The molecule has 21 heavy (non-hydrogen) atoms. The summed E-state index contributed by atoms with van der Waals surface area (Å²) in [6.07, 6.45) is 1.78. The molecule has 0 aliphatic carbocycles. The number of aryl methyl sites for hydroxylation is 1. The maximum absolute atomic E-state index is 13.4. The van der Waals surface area contributed by atoms with E-state index in [-0.39, 0.29) is 17.7 Å². The average molecular weight is 289 g/mol. The normalized spacial score (nSPS) is 12.4. The van der Waals surface area contributed by atoms with Gasteiger partial charge in [-0.1, -0.05) is 31.2 Å². The molecule has 1 unspecified atom stereocenters. The van der Waals surface area contributed by atoms with Gasteiger partial charge in [-0.05, 0) is 61.2 Å². The Morgan fingerprint density at radius 1 is 1.05 bits per heavy atom. The van der Waals surface area contributed by atoms with Gasteiger partial charge in [0.1, 0.15) is 11.6 Å². The van der Waals surface area contributed by atoms with Crippen molar-refractivity contribution in [1.29, 1.82) is 0 Å². The summed E-state index contributed by atoms with van der Waals surface area (Å²) in [4.78, 5) is 0. The van der Waals surface area contributed by atoms with E-state index in [2.05, 4.69) is 12.2 Å². The summed E-state index contributed by atoms with van der Waals surface area (Å²) < 4.78 is 26.4. The van der Waals surface area contributed by atoms with Gasteiger partial charge < -0.3 is 5.32 Å². The summed E-state index contributed by atoms with van der Waals surface area (Å²) in [5.74, 6) is -0.413. The zero-order valence-electron chi connectivity index (χ0n) is 12.5. The Morgan fingerprint density at radius 3 is 2.38 bits per heavy atom. The summed E-state index contributed by atoms with van der Waals surface area (Å²) in [6.45, 7) is 4.77. The molecule has 0 bridgehead atoms. The largest absolute Gasteiger partial charge is 0.310 e. The highest BCUT2D eigenvalue weighted by molar-refractivity contribution is 5.28. The van der Waals surface area contributed by atoms with Crippen LogP contribution in [0.5, 0.6) is 0 Å². The lowest BCUT2D eigenvalue weighted by Gasteiger charge is -2.20. The van der Waals surface area contributed by atoms with E-state index in [4.69, 9.17) is 0 Å². The van der Waals surface area contributed by atoms with Crippen LogP contribution in [0.25, 0.3) is 0 Å². The van der Waals surface area contributed by atoms with Crippen LogP contribution in [0.1, 0.15) is 36.1 Å². The molecule has 1 N–H and O–H groups in total. The SMILES string of the molecule is CCCNC(Cc1ccc(F)cc1)c1ccc(F)c(C)c1. The Kier molecular flexibility index (Phi) is 5.45. The van der Waals surface area contributed by atoms with E-state index in [0.717, 1.165) is 30.5 Å². The van der Waals surface area contributed by atoms with Crippen molar-refractivity contribution in [3.05, 3.63) is 70.8 Å². The highest BCUT2D eigenvalue weighted by Crippen LogP contribution is 2.21. The van der Waals surface area contributed by atoms with Gasteiger partial charge in [-0.2, -0.15) is 0 Å². The number of nitrogens with one attached hydrogen (secondary N) is 1. The van der Waals surface area contributed by atoms with Crippen molar-refractivity contribution >= 4 is 0 Å². The van der Waals surface area contributed by atoms with Gasteiger partial charge in [0.05, 0.1) is 0 Å². The second-order valence-electron chi connectivity index (χ2n) is 5.35. The van der Waals surface area contributed by atoms with Crippen LogP contribution in [0.2, 0.25) is 0 Å². The van der Waals surface area contributed by atoms with Crippen molar-refractivity contribution in [2.75, 3.05) is 6.54 Å². The first kappa shape index (κ1) is 15.6. The first-order chi connectivity index (χ1) is 10.1. The number of rotatable bonds is 6. The molecule has 2 aromatic carbocycles. The third-order valence-electron chi connectivity index (χ3n) is 3.58. The van der Waals surface area contributed by atoms with Crippen molar-refractivity contribution in [2.24, 2.45) is 0 Å².